The number of nitrogens with one attached hydrogen (secondary N) is 1. The smallest absolute Gasteiger partial charge is 0.220 e. The summed E-state index contributed by atoms with van der Waals surface area (Å²) in [7, 11) is 0. The minimum atomic E-state index is -1.99. The predicted molar refractivity (Wildman–Crippen MR) is 470 cm³/mol. The van der Waals surface area contributed by atoms with Crippen molar-refractivity contribution in [2.75, 3.05) is 26.4 Å². The van der Waals surface area contributed by atoms with E-state index in [1.807, 2.05) is 6.08 Å². The van der Waals surface area contributed by atoms with Crippen LogP contribution in [0.2, 0.25) is 0 Å². The molecule has 3 aliphatic heterocycles. The third kappa shape index (κ3) is 52.7. The molecule has 17 atom stereocenters. The Bertz CT molecular complexity index is 2520. The van der Waals surface area contributed by atoms with Gasteiger partial charge in [0.05, 0.1) is 38.6 Å². The van der Waals surface area contributed by atoms with Crippen LogP contribution in [0.5, 0.6) is 0 Å². The standard InChI is InChI=1S/C97H171NO18/c1-3-5-7-9-11-13-15-17-19-21-23-25-27-29-31-33-35-36-37-38-39-40-41-42-43-44-45-47-49-51-53-55-57-59-61-63-65-67-69-71-73-75-85(103)98-80(81(102)74-72-70-68-66-64-62-60-58-56-54-52-50-48-46-34-32-30-28-26-24-22-20-18-16-14-12-10-8-6-4-2)79-111-95-91(109)88(106)93(83(77-100)113-95)116-97-92(110)89(107)94(84(78-101)114-97)115-96-90(108)87(105)86(104)82(76-99)112-96/h5,7,11,13,17,19,23,25,29,31,35-36,38-39,64,66,72,74,80-84,86-97,99-102,104-110H,3-4,6,8-10,12,14-16,18,20-22,24,26-28,30,32-34,37,40-63,65,67-71,73,75-79H2,1-2H3,(H,98,103)/b7-5-,13-11-,19-17-,25-23-,31-29-,36-35-,39-38-,66-64+,74-72+. The SMILES string of the molecule is CC/C=C\C/C=C\C/C=C\C/C=C\C/C=C\C/C=C\C/C=C\CCCCCCCCCCCCCCCCCCCCCC(=O)NC(COC1OC(CO)C(OC2OC(CO)C(OC3OC(CO)C(O)C(O)C3O)C(O)C2O)C(O)C1O)C(O)/C=C/CC/C=C/CCCCCCCCCCCCCCCCCCCCCCCCCC. The average molecular weight is 1640 g/mol. The average Bonchev–Trinajstić information content (AvgIpc) is 0.783. The third-order valence-corrected chi connectivity index (χ3v) is 22.8. The van der Waals surface area contributed by atoms with E-state index in [2.05, 4.69) is 116 Å². The molecule has 3 saturated heterocycles. The summed E-state index contributed by atoms with van der Waals surface area (Å²) in [5.41, 5.74) is 0. The number of carbonyl (C=O) groups excluding carboxylic acids is 1. The number of rotatable bonds is 76. The van der Waals surface area contributed by atoms with E-state index in [9.17, 15) is 61.0 Å². The van der Waals surface area contributed by atoms with Crippen LogP contribution < -0.4 is 5.32 Å². The van der Waals surface area contributed by atoms with Crippen LogP contribution in [-0.4, -0.2) is 193 Å². The van der Waals surface area contributed by atoms with Gasteiger partial charge in [0.15, 0.2) is 18.9 Å². The molecular weight excluding hydrogens is 1470 g/mol. The van der Waals surface area contributed by atoms with Crippen molar-refractivity contribution in [2.24, 2.45) is 0 Å². The van der Waals surface area contributed by atoms with Gasteiger partial charge in [-0.3, -0.25) is 4.79 Å². The van der Waals surface area contributed by atoms with Crippen LogP contribution in [0.3, 0.4) is 0 Å². The third-order valence-electron chi connectivity index (χ3n) is 22.8. The fraction of sp³-hybridized carbons (Fsp3) is 0.804. The Labute approximate surface area is 704 Å². The molecule has 116 heavy (non-hydrogen) atoms. The molecule has 0 saturated carbocycles. The highest BCUT2D eigenvalue weighted by Crippen LogP contribution is 2.34. The molecule has 12 N–H and O–H groups in total. The van der Waals surface area contributed by atoms with E-state index in [0.717, 1.165) is 83.5 Å². The van der Waals surface area contributed by atoms with Crippen LogP contribution in [0.4, 0.5) is 0 Å². The highest BCUT2D eigenvalue weighted by Gasteiger charge is 2.54. The zero-order chi connectivity index (χ0) is 83.8. The first-order valence-electron chi connectivity index (χ1n) is 47.1. The molecule has 0 aromatic rings. The summed E-state index contributed by atoms with van der Waals surface area (Å²) < 4.78 is 34.5. The largest absolute Gasteiger partial charge is 0.394 e. The molecule has 0 radical (unpaired) electrons. The van der Waals surface area contributed by atoms with Crippen molar-refractivity contribution in [2.45, 2.75) is 471 Å². The van der Waals surface area contributed by atoms with Crippen molar-refractivity contribution in [3.8, 4) is 0 Å². The molecule has 1 amide bonds. The van der Waals surface area contributed by atoms with Gasteiger partial charge < -0.3 is 89.9 Å². The van der Waals surface area contributed by atoms with Crippen molar-refractivity contribution in [1.29, 1.82) is 0 Å². The maximum Gasteiger partial charge on any atom is 0.220 e. The van der Waals surface area contributed by atoms with Crippen LogP contribution in [0, 0.1) is 0 Å². The van der Waals surface area contributed by atoms with E-state index in [-0.39, 0.29) is 18.9 Å². The lowest BCUT2D eigenvalue weighted by Gasteiger charge is -2.48. The maximum atomic E-state index is 13.5. The lowest BCUT2D eigenvalue weighted by molar-refractivity contribution is -0.379. The Kier molecular flexibility index (Phi) is 69.1. The molecule has 3 fully saturated rings. The molecule has 19 heteroatoms. The number of unbranched alkanes of at least 4 members (excludes halogenated alkanes) is 44. The molecule has 0 spiro atoms. The number of ether oxygens (including phenoxy) is 6. The number of aliphatic hydroxyl groups is 11. The summed E-state index contributed by atoms with van der Waals surface area (Å²) in [6.45, 7) is 1.65. The Hall–Kier alpha value is -3.55. The van der Waals surface area contributed by atoms with Gasteiger partial charge in [-0.1, -0.05) is 380 Å². The van der Waals surface area contributed by atoms with E-state index >= 15 is 0 Å². The molecule has 0 aliphatic carbocycles. The molecule has 3 aliphatic rings. The van der Waals surface area contributed by atoms with Crippen LogP contribution >= 0.6 is 0 Å². The molecule has 3 rings (SSSR count). The van der Waals surface area contributed by atoms with E-state index in [0.29, 0.717) is 12.8 Å². The van der Waals surface area contributed by atoms with Crippen molar-refractivity contribution >= 4 is 5.91 Å². The van der Waals surface area contributed by atoms with Crippen molar-refractivity contribution in [3.05, 3.63) is 109 Å². The molecule has 672 valence electrons. The first-order valence-corrected chi connectivity index (χ1v) is 47.1. The lowest BCUT2D eigenvalue weighted by Crippen LogP contribution is -2.66. The summed E-state index contributed by atoms with van der Waals surface area (Å²) in [5, 5.41) is 121. The molecule has 19 nitrogen and oxygen atoms in total. The van der Waals surface area contributed by atoms with Gasteiger partial charge in [0.2, 0.25) is 5.91 Å². The van der Waals surface area contributed by atoms with Crippen LogP contribution in [0.25, 0.3) is 0 Å². The fourth-order valence-electron chi connectivity index (χ4n) is 15.4. The summed E-state index contributed by atoms with van der Waals surface area (Å²) in [6.07, 6.45) is 79.6. The van der Waals surface area contributed by atoms with Crippen molar-refractivity contribution in [3.63, 3.8) is 0 Å². The zero-order valence-corrected chi connectivity index (χ0v) is 72.7. The number of allylic oxidation sites excluding steroid dienone is 17. The first-order chi connectivity index (χ1) is 56.8. The molecular formula is C97H171NO18. The molecule has 3 heterocycles. The van der Waals surface area contributed by atoms with Gasteiger partial charge in [0, 0.05) is 6.42 Å². The maximum absolute atomic E-state index is 13.5. The fourth-order valence-corrected chi connectivity index (χ4v) is 15.4. The topological polar surface area (TPSA) is 307 Å². The van der Waals surface area contributed by atoms with Crippen LogP contribution in [0.15, 0.2) is 109 Å². The predicted octanol–water partition coefficient (Wildman–Crippen LogP) is 18.8. The number of hydrogen-bond acceptors (Lipinski definition) is 18. The first kappa shape index (κ1) is 107. The number of aliphatic hydroxyl groups excluding tert-OH is 11. The second-order valence-corrected chi connectivity index (χ2v) is 33.1. The Morgan fingerprint density at radius 1 is 0.319 bits per heavy atom. The van der Waals surface area contributed by atoms with Gasteiger partial charge in [-0.05, 0) is 89.9 Å². The Balaban J connectivity index is 1.31. The molecule has 0 bridgehead atoms. The van der Waals surface area contributed by atoms with Gasteiger partial charge in [-0.2, -0.15) is 0 Å². The summed E-state index contributed by atoms with van der Waals surface area (Å²) in [4.78, 5) is 13.5. The monoisotopic (exact) mass is 1640 g/mol. The number of amides is 1. The minimum Gasteiger partial charge on any atom is -0.394 e. The highest BCUT2D eigenvalue weighted by molar-refractivity contribution is 5.76. The van der Waals surface area contributed by atoms with Crippen LogP contribution in [0.1, 0.15) is 367 Å². The van der Waals surface area contributed by atoms with E-state index in [4.69, 9.17) is 28.4 Å². The van der Waals surface area contributed by atoms with Gasteiger partial charge >= 0.3 is 0 Å². The lowest BCUT2D eigenvalue weighted by atomic mass is 9.96. The van der Waals surface area contributed by atoms with E-state index in [1.54, 1.807) is 6.08 Å². The van der Waals surface area contributed by atoms with E-state index < -0.39 is 124 Å². The summed E-state index contributed by atoms with van der Waals surface area (Å²) in [5.74, 6) is -0.282. The second-order valence-electron chi connectivity index (χ2n) is 33.1. The van der Waals surface area contributed by atoms with Gasteiger partial charge in [0.1, 0.15) is 73.2 Å². The normalized spacial score (nSPS) is 25.0. The summed E-state index contributed by atoms with van der Waals surface area (Å²) >= 11 is 0. The minimum absolute atomic E-state index is 0.234. The Morgan fingerprint density at radius 2 is 0.603 bits per heavy atom. The van der Waals surface area contributed by atoms with Gasteiger partial charge in [-0.15, -0.1) is 0 Å². The van der Waals surface area contributed by atoms with Crippen molar-refractivity contribution in [1.82, 2.24) is 5.32 Å². The van der Waals surface area contributed by atoms with Gasteiger partial charge in [-0.25, -0.2) is 0 Å². The quantitative estimate of drug-likeness (QED) is 0.0199. The summed E-state index contributed by atoms with van der Waals surface area (Å²) in [6, 6.07) is -0.996. The second kappa shape index (κ2) is 75.2. The number of hydrogen-bond donors (Lipinski definition) is 12. The van der Waals surface area contributed by atoms with Crippen LogP contribution in [-0.2, 0) is 33.2 Å². The molecule has 17 unspecified atom stereocenters. The van der Waals surface area contributed by atoms with E-state index in [1.165, 1.54) is 250 Å². The number of carbonyl (C=O) groups is 1. The Morgan fingerprint density at radius 3 is 0.966 bits per heavy atom. The van der Waals surface area contributed by atoms with Gasteiger partial charge in [0.25, 0.3) is 0 Å². The zero-order valence-electron chi connectivity index (χ0n) is 72.7. The molecule has 0 aromatic carbocycles. The highest BCUT2D eigenvalue weighted by atomic mass is 16.8. The van der Waals surface area contributed by atoms with Crippen molar-refractivity contribution < 1.29 is 89.4 Å². The molecule has 0 aromatic heterocycles.